The number of H-pyrrole nitrogens is 1. The Morgan fingerprint density at radius 3 is 2.56 bits per heavy atom. The molecule has 1 aromatic heterocycles. The molecule has 0 unspecified atom stereocenters. The van der Waals surface area contributed by atoms with Crippen LogP contribution in [0.15, 0.2) is 30.5 Å². The van der Waals surface area contributed by atoms with Crippen LogP contribution in [0.1, 0.15) is 22.6 Å². The highest BCUT2D eigenvalue weighted by Crippen LogP contribution is 2.07. The molecule has 0 fully saturated rings. The topological polar surface area (TPSA) is 54.7 Å². The maximum atomic E-state index is 5.49. The van der Waals surface area contributed by atoms with Crippen molar-refractivity contribution in [1.29, 1.82) is 0 Å². The van der Waals surface area contributed by atoms with Gasteiger partial charge >= 0.3 is 0 Å². The molecule has 2 rings (SSSR count). The number of nitrogens with zero attached hydrogens (tertiary/aromatic N) is 1. The van der Waals surface area contributed by atoms with Crippen LogP contribution in [0.25, 0.3) is 0 Å². The minimum Gasteiger partial charge on any atom is -0.345 e. The number of hydrogen-bond donors (Lipinski definition) is 2. The maximum Gasteiger partial charge on any atom is 0.120 e. The Balaban J connectivity index is 1.94. The third kappa shape index (κ3) is 2.70. The zero-order valence-electron chi connectivity index (χ0n) is 9.53. The second-order valence-corrected chi connectivity index (χ2v) is 4.04. The van der Waals surface area contributed by atoms with Gasteiger partial charge in [-0.2, -0.15) is 0 Å². The first-order valence-corrected chi connectivity index (χ1v) is 5.56. The summed E-state index contributed by atoms with van der Waals surface area (Å²) in [5, 5.41) is 0. The van der Waals surface area contributed by atoms with Gasteiger partial charge in [0.2, 0.25) is 0 Å². The molecule has 0 amide bonds. The summed E-state index contributed by atoms with van der Waals surface area (Å²) < 4.78 is 0. The summed E-state index contributed by atoms with van der Waals surface area (Å²) in [6.07, 6.45) is 3.89. The lowest BCUT2D eigenvalue weighted by Crippen LogP contribution is -1.98. The van der Waals surface area contributed by atoms with Gasteiger partial charge in [-0.15, -0.1) is 0 Å². The van der Waals surface area contributed by atoms with Gasteiger partial charge < -0.3 is 10.7 Å². The fraction of sp³-hybridized carbons (Fsp3) is 0.308. The van der Waals surface area contributed by atoms with Crippen molar-refractivity contribution in [3.05, 3.63) is 53.1 Å². The first kappa shape index (κ1) is 10.9. The fourth-order valence-electron chi connectivity index (χ4n) is 1.67. The summed E-state index contributed by atoms with van der Waals surface area (Å²) >= 11 is 0. The van der Waals surface area contributed by atoms with Crippen LogP contribution in [0.4, 0.5) is 0 Å². The fourth-order valence-corrected chi connectivity index (χ4v) is 1.67. The number of hydrogen-bond acceptors (Lipinski definition) is 2. The second kappa shape index (κ2) is 4.94. The van der Waals surface area contributed by atoms with E-state index >= 15 is 0 Å². The lowest BCUT2D eigenvalue weighted by molar-refractivity contribution is 0.894. The largest absolute Gasteiger partial charge is 0.345 e. The second-order valence-electron chi connectivity index (χ2n) is 4.04. The molecule has 0 saturated carbocycles. The molecule has 0 atom stereocenters. The molecule has 0 saturated heterocycles. The number of aryl methyl sites for hydroxylation is 3. The highest BCUT2D eigenvalue weighted by Gasteiger charge is 1.99. The Morgan fingerprint density at radius 1 is 1.19 bits per heavy atom. The molecule has 0 radical (unpaired) electrons. The number of imidazole rings is 1. The predicted molar refractivity (Wildman–Crippen MR) is 65.1 cm³/mol. The number of nitrogens with one attached hydrogen (secondary N) is 1. The van der Waals surface area contributed by atoms with E-state index in [0.29, 0.717) is 6.54 Å². The molecule has 3 nitrogen and oxygen atoms in total. The van der Waals surface area contributed by atoms with E-state index in [0.717, 1.165) is 24.4 Å². The summed E-state index contributed by atoms with van der Waals surface area (Å²) in [5.41, 5.74) is 9.30. The molecule has 16 heavy (non-hydrogen) atoms. The zero-order chi connectivity index (χ0) is 11.4. The monoisotopic (exact) mass is 215 g/mol. The first-order chi connectivity index (χ1) is 7.78. The molecular weight excluding hydrogens is 198 g/mol. The van der Waals surface area contributed by atoms with E-state index in [1.54, 1.807) is 0 Å². The van der Waals surface area contributed by atoms with Crippen LogP contribution < -0.4 is 5.73 Å². The van der Waals surface area contributed by atoms with Crippen molar-refractivity contribution in [1.82, 2.24) is 9.97 Å². The summed E-state index contributed by atoms with van der Waals surface area (Å²) in [7, 11) is 0. The normalized spacial score (nSPS) is 10.6. The van der Waals surface area contributed by atoms with E-state index in [-0.39, 0.29) is 0 Å². The van der Waals surface area contributed by atoms with Crippen molar-refractivity contribution in [3.63, 3.8) is 0 Å². The number of nitrogens with two attached hydrogens (primary N) is 1. The highest BCUT2D eigenvalue weighted by molar-refractivity contribution is 5.22. The van der Waals surface area contributed by atoms with Crippen LogP contribution in [-0.2, 0) is 19.4 Å². The Morgan fingerprint density at radius 2 is 1.94 bits per heavy atom. The van der Waals surface area contributed by atoms with Crippen LogP contribution in [-0.4, -0.2) is 9.97 Å². The van der Waals surface area contributed by atoms with Gasteiger partial charge in [0, 0.05) is 11.9 Å². The molecule has 0 aliphatic heterocycles. The molecule has 0 bridgehead atoms. The van der Waals surface area contributed by atoms with Gasteiger partial charge in [-0.1, -0.05) is 29.8 Å². The van der Waals surface area contributed by atoms with Crippen LogP contribution in [0.3, 0.4) is 0 Å². The number of rotatable bonds is 4. The molecule has 1 heterocycles. The molecule has 2 aromatic rings. The quantitative estimate of drug-likeness (QED) is 0.819. The van der Waals surface area contributed by atoms with Gasteiger partial charge in [0.05, 0.1) is 6.54 Å². The molecular formula is C13H17N3. The first-order valence-electron chi connectivity index (χ1n) is 5.56. The number of aromatic amines is 1. The molecule has 0 aliphatic rings. The summed E-state index contributed by atoms with van der Waals surface area (Å²) in [6, 6.07) is 8.65. The van der Waals surface area contributed by atoms with Gasteiger partial charge in [0.15, 0.2) is 0 Å². The number of aromatic nitrogens is 2. The summed E-state index contributed by atoms with van der Waals surface area (Å²) in [5.74, 6) is 0.860. The Kier molecular flexibility index (Phi) is 3.37. The van der Waals surface area contributed by atoms with E-state index in [4.69, 9.17) is 5.73 Å². The molecule has 1 aromatic carbocycles. The van der Waals surface area contributed by atoms with Crippen molar-refractivity contribution < 1.29 is 0 Å². The minimum atomic E-state index is 0.477. The van der Waals surface area contributed by atoms with Gasteiger partial charge in [0.1, 0.15) is 5.82 Å². The maximum absolute atomic E-state index is 5.49. The number of benzene rings is 1. The SMILES string of the molecule is Cc1ccc(CCc2cnc(CN)[nH]2)cc1. The van der Waals surface area contributed by atoms with Gasteiger partial charge in [-0.25, -0.2) is 4.98 Å². The Bertz CT molecular complexity index is 442. The lowest BCUT2D eigenvalue weighted by atomic mass is 10.1. The zero-order valence-corrected chi connectivity index (χ0v) is 9.53. The van der Waals surface area contributed by atoms with Crippen LogP contribution >= 0.6 is 0 Å². The molecule has 3 N–H and O–H groups in total. The van der Waals surface area contributed by atoms with Gasteiger partial charge in [-0.3, -0.25) is 0 Å². The summed E-state index contributed by atoms with van der Waals surface area (Å²) in [6.45, 7) is 2.58. The Labute approximate surface area is 95.7 Å². The van der Waals surface area contributed by atoms with Crippen molar-refractivity contribution >= 4 is 0 Å². The average molecular weight is 215 g/mol. The van der Waals surface area contributed by atoms with Crippen LogP contribution in [0, 0.1) is 6.92 Å². The van der Waals surface area contributed by atoms with Crippen LogP contribution in [0.5, 0.6) is 0 Å². The van der Waals surface area contributed by atoms with Crippen molar-refractivity contribution in [2.24, 2.45) is 5.73 Å². The van der Waals surface area contributed by atoms with E-state index in [9.17, 15) is 0 Å². The molecule has 0 aliphatic carbocycles. The van der Waals surface area contributed by atoms with Crippen molar-refractivity contribution in [2.45, 2.75) is 26.3 Å². The standard InChI is InChI=1S/C13H17N3/c1-10-2-4-11(5-3-10)6-7-12-9-15-13(8-14)16-12/h2-5,9H,6-8,14H2,1H3,(H,15,16). The predicted octanol–water partition coefficient (Wildman–Crippen LogP) is 1.96. The van der Waals surface area contributed by atoms with Gasteiger partial charge in [-0.05, 0) is 25.3 Å². The molecule has 3 heteroatoms. The van der Waals surface area contributed by atoms with Crippen molar-refractivity contribution in [2.75, 3.05) is 0 Å². The van der Waals surface area contributed by atoms with E-state index in [1.165, 1.54) is 11.1 Å². The lowest BCUT2D eigenvalue weighted by Gasteiger charge is -2.00. The van der Waals surface area contributed by atoms with Crippen molar-refractivity contribution in [3.8, 4) is 0 Å². The minimum absolute atomic E-state index is 0.477. The average Bonchev–Trinajstić information content (AvgIpc) is 2.76. The summed E-state index contributed by atoms with van der Waals surface area (Å²) in [4.78, 5) is 7.39. The van der Waals surface area contributed by atoms with E-state index < -0.39 is 0 Å². The smallest absolute Gasteiger partial charge is 0.120 e. The van der Waals surface area contributed by atoms with E-state index in [2.05, 4.69) is 41.2 Å². The molecule has 0 spiro atoms. The van der Waals surface area contributed by atoms with Crippen LogP contribution in [0.2, 0.25) is 0 Å². The van der Waals surface area contributed by atoms with E-state index in [1.807, 2.05) is 6.20 Å². The highest BCUT2D eigenvalue weighted by atomic mass is 14.9. The third-order valence-electron chi connectivity index (χ3n) is 2.68. The van der Waals surface area contributed by atoms with Gasteiger partial charge in [0.25, 0.3) is 0 Å². The Hall–Kier alpha value is -1.61. The third-order valence-corrected chi connectivity index (χ3v) is 2.68. The molecule has 84 valence electrons.